The van der Waals surface area contributed by atoms with Crippen LogP contribution < -0.4 is 19.5 Å². The number of likely N-dealkylation sites (tertiary alicyclic amines) is 1. The van der Waals surface area contributed by atoms with Gasteiger partial charge in [0.15, 0.2) is 17.4 Å². The highest BCUT2D eigenvalue weighted by molar-refractivity contribution is 7.80. The molecule has 4 aromatic heterocycles. The molecular formula is C56H59F3N11O8S2-. The first-order valence-corrected chi connectivity index (χ1v) is 28.5. The van der Waals surface area contributed by atoms with Crippen molar-refractivity contribution in [3.63, 3.8) is 0 Å². The molecule has 2 unspecified atom stereocenters. The number of thiazole rings is 1. The lowest BCUT2D eigenvalue weighted by Crippen LogP contribution is -2.63. The number of carbonyl (C=O) groups is 3. The Morgan fingerprint density at radius 1 is 0.938 bits per heavy atom. The van der Waals surface area contributed by atoms with Crippen molar-refractivity contribution >= 4 is 68.4 Å². The molecule has 8 heterocycles. The molecule has 3 aromatic carbocycles. The topological polar surface area (TPSA) is 231 Å². The number of hydrogen-bond acceptors (Lipinski definition) is 16. The van der Waals surface area contributed by atoms with Crippen LogP contribution in [0.2, 0.25) is 0 Å². The minimum absolute atomic E-state index is 0.0180. The molecule has 0 aliphatic carbocycles. The number of amides is 2. The summed E-state index contributed by atoms with van der Waals surface area (Å²) in [5.41, 5.74) is 5.52. The Morgan fingerprint density at radius 2 is 1.68 bits per heavy atom. The van der Waals surface area contributed by atoms with Crippen molar-refractivity contribution in [1.82, 2.24) is 40.2 Å². The van der Waals surface area contributed by atoms with Crippen LogP contribution in [0.3, 0.4) is 0 Å². The van der Waals surface area contributed by atoms with Gasteiger partial charge in [-0.25, -0.2) is 32.6 Å². The number of hydrazine groups is 1. The van der Waals surface area contributed by atoms with E-state index in [2.05, 4.69) is 40.1 Å². The maximum atomic E-state index is 16.1. The molecule has 11 rings (SSSR count). The lowest BCUT2D eigenvalue weighted by atomic mass is 9.91. The van der Waals surface area contributed by atoms with Crippen LogP contribution in [0.15, 0.2) is 95.2 Å². The van der Waals surface area contributed by atoms with E-state index in [1.165, 1.54) is 22.4 Å². The first-order chi connectivity index (χ1) is 38.5. The minimum Gasteiger partial charge on any atom is -0.754 e. The predicted molar refractivity (Wildman–Crippen MR) is 294 cm³/mol. The van der Waals surface area contributed by atoms with Crippen molar-refractivity contribution in [3.8, 4) is 21.6 Å². The van der Waals surface area contributed by atoms with Gasteiger partial charge in [0.05, 0.1) is 58.2 Å². The monoisotopic (exact) mass is 1130 g/mol. The minimum atomic E-state index is -3.09. The summed E-state index contributed by atoms with van der Waals surface area (Å²) >= 11 is -1.55. The molecule has 80 heavy (non-hydrogen) atoms. The number of β-amino-alcohol motifs (C(OH)–C–C–N with tert-alkyl or cyclic N) is 1. The third-order valence-corrected chi connectivity index (χ3v) is 17.5. The van der Waals surface area contributed by atoms with Gasteiger partial charge < -0.3 is 44.3 Å². The molecule has 0 bridgehead atoms. The van der Waals surface area contributed by atoms with Crippen LogP contribution in [0.25, 0.3) is 32.6 Å². The van der Waals surface area contributed by atoms with Crippen LogP contribution in [0, 0.1) is 24.5 Å². The highest BCUT2D eigenvalue weighted by atomic mass is 32.2. The number of aliphatic hydroxyl groups is 2. The first-order valence-electron chi connectivity index (χ1n) is 26.5. The highest BCUT2D eigenvalue weighted by Gasteiger charge is 2.45. The SMILES string of the molecule is Cc1ncsc1-c1ccc([C@H](CO)NC(=O)[C@@H]2C[C@@H](O)CN2C(=O)C(c2cc(N3CC(N4CCN(c5ccc(-c6cnc7[nH]cc(C(=O)c8c(F)ccc(N(N9CC[C@@H](F)C9)S(=O)[O-])c8F)c7c6)cc5)CC4)C3)no2)C(C)C)cc1. The number of ketones is 1. The van der Waals surface area contributed by atoms with Crippen LogP contribution >= 0.6 is 11.3 Å². The summed E-state index contributed by atoms with van der Waals surface area (Å²) in [6.45, 7) is 9.67. The van der Waals surface area contributed by atoms with Gasteiger partial charge in [-0.15, -0.1) is 11.3 Å². The second-order valence-corrected chi connectivity index (χ2v) is 22.8. The Bertz CT molecular complexity index is 3440. The molecule has 24 heteroatoms. The Labute approximate surface area is 465 Å². The summed E-state index contributed by atoms with van der Waals surface area (Å²) < 4.78 is 76.3. The van der Waals surface area contributed by atoms with Gasteiger partial charge in [-0.05, 0) is 66.3 Å². The first kappa shape index (κ1) is 54.9. The number of nitrogens with one attached hydrogen (secondary N) is 2. The number of H-pyrrole nitrogens is 1. The van der Waals surface area contributed by atoms with Gasteiger partial charge in [-0.1, -0.05) is 55.4 Å². The second-order valence-electron chi connectivity index (χ2n) is 21.2. The summed E-state index contributed by atoms with van der Waals surface area (Å²) in [7, 11) is 0. The molecule has 4 N–H and O–H groups in total. The van der Waals surface area contributed by atoms with Crippen molar-refractivity contribution in [1.29, 1.82) is 0 Å². The fraction of sp³-hybridized carbons (Fsp3) is 0.393. The van der Waals surface area contributed by atoms with Gasteiger partial charge in [-0.2, -0.15) is 0 Å². The Kier molecular flexibility index (Phi) is 15.7. The van der Waals surface area contributed by atoms with Gasteiger partial charge in [0.25, 0.3) is 0 Å². The van der Waals surface area contributed by atoms with Crippen molar-refractivity contribution < 1.29 is 51.1 Å². The number of fused-ring (bicyclic) bond motifs is 1. The van der Waals surface area contributed by atoms with Crippen LogP contribution in [0.5, 0.6) is 0 Å². The quantitative estimate of drug-likeness (QED) is 0.0581. The van der Waals surface area contributed by atoms with Gasteiger partial charge in [-0.3, -0.25) is 23.5 Å². The molecule has 19 nitrogen and oxygen atoms in total. The normalized spacial score (nSPS) is 20.4. The zero-order valence-corrected chi connectivity index (χ0v) is 45.6. The lowest BCUT2D eigenvalue weighted by Gasteiger charge is -2.48. The fourth-order valence-corrected chi connectivity index (χ4v) is 12.8. The number of carbonyl (C=O) groups excluding carboxylic acids is 3. The second kappa shape index (κ2) is 22.8. The zero-order chi connectivity index (χ0) is 56.1. The van der Waals surface area contributed by atoms with E-state index in [0.717, 1.165) is 70.7 Å². The standard InChI is InChI=1S/C56H60F3N11O8S2/c1-31(2)49(56(75)69-28-40(72)21-46(69)55(74)63-44(29-71)34-4-6-35(7-5-34)53-32(3)62-30-79-53)47-22-48(64-78-47)67-26-39(27-67)66-18-16-65(17-19-66)38-10-8-33(9-11-38)36-20-41-42(24-61-54(41)60-23-36)52(73)50-43(58)12-13-45(51(50)59)70(80(76)77)68-15-14-37(57)25-68/h4-13,20,22-24,30-31,37,39-40,44,46,49,71-72H,14-19,21,25-29H2,1-3H3,(H,60,61)(H,63,74)(H,76,77)/p-1/t37-,40-,44+,46+,49?/m1/s1. The summed E-state index contributed by atoms with van der Waals surface area (Å²) in [5.74, 6) is -4.41. The molecule has 6 atom stereocenters. The molecule has 4 aliphatic heterocycles. The molecule has 4 saturated heterocycles. The van der Waals surface area contributed by atoms with Gasteiger partial charge in [0.1, 0.15) is 35.3 Å². The van der Waals surface area contributed by atoms with Crippen molar-refractivity contribution in [2.45, 2.75) is 69.9 Å². The van der Waals surface area contributed by atoms with Crippen molar-refractivity contribution in [3.05, 3.63) is 130 Å². The van der Waals surface area contributed by atoms with E-state index >= 15 is 8.78 Å². The Hall–Kier alpha value is -7.06. The van der Waals surface area contributed by atoms with Gasteiger partial charge in [0, 0.05) is 105 Å². The predicted octanol–water partition coefficient (Wildman–Crippen LogP) is 6.28. The number of aliphatic hydroxyl groups excluding tert-OH is 2. The summed E-state index contributed by atoms with van der Waals surface area (Å²) in [4.78, 5) is 63.2. The van der Waals surface area contributed by atoms with Crippen molar-refractivity contribution in [2.75, 3.05) is 79.7 Å². The van der Waals surface area contributed by atoms with E-state index in [1.807, 2.05) is 69.3 Å². The van der Waals surface area contributed by atoms with Gasteiger partial charge in [0.2, 0.25) is 17.6 Å². The molecule has 0 radical (unpaired) electrons. The number of halogens is 3. The van der Waals surface area contributed by atoms with E-state index < -0.39 is 76.1 Å². The van der Waals surface area contributed by atoms with E-state index in [4.69, 9.17) is 4.52 Å². The average molecular weight is 1140 g/mol. The van der Waals surface area contributed by atoms with Crippen LogP contribution in [0.4, 0.5) is 30.4 Å². The highest BCUT2D eigenvalue weighted by Crippen LogP contribution is 2.37. The van der Waals surface area contributed by atoms with E-state index in [0.29, 0.717) is 51.2 Å². The number of piperazine rings is 1. The number of nitrogens with zero attached hydrogens (tertiary/aromatic N) is 9. The molecule has 0 saturated carbocycles. The number of alkyl halides is 1. The molecule has 2 amide bonds. The summed E-state index contributed by atoms with van der Waals surface area (Å²) in [6, 6.07) is 19.3. The van der Waals surface area contributed by atoms with Crippen LogP contribution in [-0.2, 0) is 20.9 Å². The number of benzene rings is 3. The van der Waals surface area contributed by atoms with E-state index in [1.54, 1.807) is 23.8 Å². The third-order valence-electron chi connectivity index (χ3n) is 15.8. The molecule has 4 fully saturated rings. The molecule has 0 spiro atoms. The molecule has 420 valence electrons. The zero-order valence-electron chi connectivity index (χ0n) is 44.0. The maximum Gasteiger partial charge on any atom is 0.243 e. The van der Waals surface area contributed by atoms with Crippen molar-refractivity contribution in [2.24, 2.45) is 5.92 Å². The number of hydrogen-bond donors (Lipinski definition) is 4. The number of aryl methyl sites for hydroxylation is 1. The van der Waals surface area contributed by atoms with Crippen LogP contribution in [-0.4, -0.2) is 161 Å². The molecular weight excluding hydrogens is 1080 g/mol. The largest absolute Gasteiger partial charge is 0.754 e. The third kappa shape index (κ3) is 10.7. The number of aromatic nitrogens is 4. The lowest BCUT2D eigenvalue weighted by molar-refractivity contribution is -0.141. The average Bonchev–Trinajstić information content (AvgIpc) is 4.34. The summed E-state index contributed by atoms with van der Waals surface area (Å²) in [5, 5.41) is 29.8. The van der Waals surface area contributed by atoms with E-state index in [9.17, 15) is 37.7 Å². The number of rotatable bonds is 17. The van der Waals surface area contributed by atoms with E-state index in [-0.39, 0.29) is 62.5 Å². The smallest absolute Gasteiger partial charge is 0.243 e. The summed E-state index contributed by atoms with van der Waals surface area (Å²) in [6.07, 6.45) is 0.777. The molecule has 7 aromatic rings. The Balaban J connectivity index is 0.687. The van der Waals surface area contributed by atoms with Crippen LogP contribution in [0.1, 0.15) is 71.6 Å². The molecule has 4 aliphatic rings. The fourth-order valence-electron chi connectivity index (χ4n) is 11.4. The number of aromatic amines is 1. The van der Waals surface area contributed by atoms with Gasteiger partial charge >= 0.3 is 0 Å². The maximum absolute atomic E-state index is 16.1. The number of pyridine rings is 1. The number of anilines is 3. The Morgan fingerprint density at radius 3 is 2.34 bits per heavy atom.